The van der Waals surface area contributed by atoms with Gasteiger partial charge in [-0.15, -0.1) is 0 Å². The molecule has 0 bridgehead atoms. The molecular formula is C14H22N4O2S. The van der Waals surface area contributed by atoms with Gasteiger partial charge >= 0.3 is 5.00 Å². The van der Waals surface area contributed by atoms with Gasteiger partial charge in [0, 0.05) is 43.2 Å². The molecule has 2 aliphatic heterocycles. The summed E-state index contributed by atoms with van der Waals surface area (Å²) in [5, 5.41) is 12.9. The number of piperidine rings is 1. The van der Waals surface area contributed by atoms with Gasteiger partial charge in [-0.05, 0) is 37.9 Å². The van der Waals surface area contributed by atoms with Gasteiger partial charge < -0.3 is 5.73 Å². The second-order valence-electron chi connectivity index (χ2n) is 6.10. The summed E-state index contributed by atoms with van der Waals surface area (Å²) in [5.74, 6) is 0. The fourth-order valence-corrected chi connectivity index (χ4v) is 4.06. The molecule has 2 fully saturated rings. The standard InChI is InChI=1S/C14H22N4O2S/c15-12-1-5-17(6-2-12)13-3-4-16(9-13)8-11-7-14(18(19)20)21-10-11/h7,10,12-13H,1-6,8-9,15H2. The van der Waals surface area contributed by atoms with Crippen molar-refractivity contribution < 1.29 is 4.92 Å². The van der Waals surface area contributed by atoms with E-state index in [9.17, 15) is 10.1 Å². The zero-order valence-corrected chi connectivity index (χ0v) is 12.9. The number of hydrogen-bond donors (Lipinski definition) is 1. The largest absolute Gasteiger partial charge is 0.328 e. The Balaban J connectivity index is 1.51. The van der Waals surface area contributed by atoms with Crippen LogP contribution in [0.5, 0.6) is 0 Å². The van der Waals surface area contributed by atoms with E-state index in [1.54, 1.807) is 6.07 Å². The Hall–Kier alpha value is -1.02. The minimum absolute atomic E-state index is 0.241. The summed E-state index contributed by atoms with van der Waals surface area (Å²) >= 11 is 1.22. The first-order chi connectivity index (χ1) is 10.1. The van der Waals surface area contributed by atoms with E-state index < -0.39 is 0 Å². The summed E-state index contributed by atoms with van der Waals surface area (Å²) in [6, 6.07) is 2.72. The van der Waals surface area contributed by atoms with E-state index in [1.165, 1.54) is 17.8 Å². The summed E-state index contributed by atoms with van der Waals surface area (Å²) in [6.45, 7) is 5.21. The van der Waals surface area contributed by atoms with Crippen LogP contribution in [0.3, 0.4) is 0 Å². The SMILES string of the molecule is NC1CCN(C2CCN(Cc3csc([N+](=O)[O-])c3)C2)CC1. The van der Waals surface area contributed by atoms with Gasteiger partial charge in [0.1, 0.15) is 0 Å². The molecule has 0 spiro atoms. The van der Waals surface area contributed by atoms with E-state index in [0.29, 0.717) is 12.1 Å². The highest BCUT2D eigenvalue weighted by molar-refractivity contribution is 7.13. The minimum atomic E-state index is -0.308. The Kier molecular flexibility index (Phi) is 4.54. The number of rotatable bonds is 4. The number of hydrogen-bond acceptors (Lipinski definition) is 6. The zero-order chi connectivity index (χ0) is 14.8. The predicted octanol–water partition coefficient (Wildman–Crippen LogP) is 1.65. The van der Waals surface area contributed by atoms with Crippen molar-refractivity contribution >= 4 is 16.3 Å². The van der Waals surface area contributed by atoms with Gasteiger partial charge in [0.25, 0.3) is 0 Å². The lowest BCUT2D eigenvalue weighted by Gasteiger charge is -2.34. The maximum Gasteiger partial charge on any atom is 0.324 e. The van der Waals surface area contributed by atoms with Gasteiger partial charge in [0.05, 0.1) is 4.92 Å². The topological polar surface area (TPSA) is 75.6 Å². The Labute approximate surface area is 128 Å². The average molecular weight is 310 g/mol. The number of nitro groups is 1. The highest BCUT2D eigenvalue weighted by Crippen LogP contribution is 2.26. The summed E-state index contributed by atoms with van der Waals surface area (Å²) < 4.78 is 0. The van der Waals surface area contributed by atoms with Crippen LogP contribution in [0.25, 0.3) is 0 Å². The molecule has 7 heteroatoms. The maximum absolute atomic E-state index is 10.7. The van der Waals surface area contributed by atoms with Crippen molar-refractivity contribution in [2.24, 2.45) is 5.73 Å². The van der Waals surface area contributed by atoms with Crippen LogP contribution in [-0.4, -0.2) is 53.0 Å². The van der Waals surface area contributed by atoms with Crippen molar-refractivity contribution in [1.82, 2.24) is 9.80 Å². The third kappa shape index (κ3) is 3.60. The van der Waals surface area contributed by atoms with Crippen molar-refractivity contribution in [3.63, 3.8) is 0 Å². The van der Waals surface area contributed by atoms with Crippen molar-refractivity contribution in [1.29, 1.82) is 0 Å². The smallest absolute Gasteiger partial charge is 0.324 e. The highest BCUT2D eigenvalue weighted by atomic mass is 32.1. The van der Waals surface area contributed by atoms with Crippen molar-refractivity contribution in [2.45, 2.75) is 37.9 Å². The van der Waals surface area contributed by atoms with Gasteiger partial charge in [-0.1, -0.05) is 11.3 Å². The maximum atomic E-state index is 10.7. The lowest BCUT2D eigenvalue weighted by Crippen LogP contribution is -2.46. The van der Waals surface area contributed by atoms with Crippen LogP contribution in [0.1, 0.15) is 24.8 Å². The summed E-state index contributed by atoms with van der Waals surface area (Å²) in [4.78, 5) is 15.4. The Morgan fingerprint density at radius 2 is 2.10 bits per heavy atom. The first-order valence-electron chi connectivity index (χ1n) is 7.55. The van der Waals surface area contributed by atoms with E-state index in [-0.39, 0.29) is 9.92 Å². The Morgan fingerprint density at radius 3 is 2.76 bits per heavy atom. The van der Waals surface area contributed by atoms with Gasteiger partial charge in [-0.25, -0.2) is 0 Å². The molecule has 1 atom stereocenters. The summed E-state index contributed by atoms with van der Waals surface area (Å²) in [5.41, 5.74) is 7.02. The second-order valence-corrected chi connectivity index (χ2v) is 6.99. The van der Waals surface area contributed by atoms with E-state index in [0.717, 1.165) is 51.1 Å². The van der Waals surface area contributed by atoms with Crippen molar-refractivity contribution in [3.05, 3.63) is 27.1 Å². The molecule has 2 N–H and O–H groups in total. The highest BCUT2D eigenvalue weighted by Gasteiger charge is 2.30. The second kappa shape index (κ2) is 6.39. The third-order valence-electron chi connectivity index (χ3n) is 4.56. The first-order valence-corrected chi connectivity index (χ1v) is 8.43. The normalized spacial score (nSPS) is 25.5. The fourth-order valence-electron chi connectivity index (χ4n) is 3.34. The van der Waals surface area contributed by atoms with Gasteiger partial charge in [0.2, 0.25) is 0 Å². The van der Waals surface area contributed by atoms with Crippen LogP contribution in [-0.2, 0) is 6.54 Å². The zero-order valence-electron chi connectivity index (χ0n) is 12.1. The van der Waals surface area contributed by atoms with Gasteiger partial charge in [-0.3, -0.25) is 19.9 Å². The van der Waals surface area contributed by atoms with Gasteiger partial charge in [-0.2, -0.15) is 0 Å². The lowest BCUT2D eigenvalue weighted by atomic mass is 10.0. The monoisotopic (exact) mass is 310 g/mol. The van der Waals surface area contributed by atoms with Crippen LogP contribution in [0.4, 0.5) is 5.00 Å². The molecule has 0 aliphatic carbocycles. The lowest BCUT2D eigenvalue weighted by molar-refractivity contribution is -0.380. The van der Waals surface area contributed by atoms with Crippen LogP contribution in [0.15, 0.2) is 11.4 Å². The molecule has 1 aromatic rings. The molecule has 116 valence electrons. The van der Waals surface area contributed by atoms with E-state index in [1.807, 2.05) is 5.38 Å². The number of likely N-dealkylation sites (tertiary alicyclic amines) is 2. The number of nitrogens with two attached hydrogens (primary N) is 1. The van der Waals surface area contributed by atoms with Crippen LogP contribution in [0, 0.1) is 10.1 Å². The molecule has 1 aromatic heterocycles. The Morgan fingerprint density at radius 1 is 1.33 bits per heavy atom. The molecule has 3 heterocycles. The molecule has 6 nitrogen and oxygen atoms in total. The molecule has 21 heavy (non-hydrogen) atoms. The molecule has 0 saturated carbocycles. The van der Waals surface area contributed by atoms with Gasteiger partial charge in [0.15, 0.2) is 0 Å². The van der Waals surface area contributed by atoms with E-state index in [4.69, 9.17) is 5.73 Å². The fraction of sp³-hybridized carbons (Fsp3) is 0.714. The molecular weight excluding hydrogens is 288 g/mol. The van der Waals surface area contributed by atoms with Crippen LogP contribution in [0.2, 0.25) is 0 Å². The van der Waals surface area contributed by atoms with Crippen LogP contribution >= 0.6 is 11.3 Å². The quantitative estimate of drug-likeness (QED) is 0.676. The van der Waals surface area contributed by atoms with Crippen molar-refractivity contribution in [2.75, 3.05) is 26.2 Å². The molecule has 2 saturated heterocycles. The van der Waals surface area contributed by atoms with E-state index in [2.05, 4.69) is 9.80 Å². The Bertz CT molecular complexity index is 499. The van der Waals surface area contributed by atoms with E-state index >= 15 is 0 Å². The first kappa shape index (κ1) is 14.9. The molecule has 2 aliphatic rings. The molecule has 3 rings (SSSR count). The summed E-state index contributed by atoms with van der Waals surface area (Å²) in [7, 11) is 0. The molecule has 0 aromatic carbocycles. The molecule has 1 unspecified atom stereocenters. The molecule has 0 amide bonds. The third-order valence-corrected chi connectivity index (χ3v) is 5.49. The number of thiophene rings is 1. The van der Waals surface area contributed by atoms with Crippen molar-refractivity contribution in [3.8, 4) is 0 Å². The minimum Gasteiger partial charge on any atom is -0.328 e. The van der Waals surface area contributed by atoms with Crippen LogP contribution < -0.4 is 5.73 Å². The summed E-state index contributed by atoms with van der Waals surface area (Å²) in [6.07, 6.45) is 3.40. The molecule has 0 radical (unpaired) electrons. The predicted molar refractivity (Wildman–Crippen MR) is 83.4 cm³/mol. The number of nitrogens with zero attached hydrogens (tertiary/aromatic N) is 3. The average Bonchev–Trinajstić information content (AvgIpc) is 3.10.